The molecule has 0 amide bonds. The first-order chi connectivity index (χ1) is 11.5. The molecular formula is C16H27IN4O3S. The van der Waals surface area contributed by atoms with Gasteiger partial charge >= 0.3 is 0 Å². The average Bonchev–Trinajstić information content (AvgIpc) is 3.05. The van der Waals surface area contributed by atoms with Gasteiger partial charge in [-0.15, -0.1) is 24.0 Å². The molecule has 0 spiro atoms. The zero-order valence-corrected chi connectivity index (χ0v) is 17.5. The lowest BCUT2D eigenvalue weighted by Gasteiger charge is -2.13. The molecule has 0 aromatic heterocycles. The Morgan fingerprint density at radius 1 is 1.32 bits per heavy atom. The number of halogens is 1. The van der Waals surface area contributed by atoms with Crippen LogP contribution in [0.5, 0.6) is 0 Å². The summed E-state index contributed by atoms with van der Waals surface area (Å²) in [6, 6.07) is 6.61. The van der Waals surface area contributed by atoms with E-state index in [0.717, 1.165) is 43.9 Å². The van der Waals surface area contributed by atoms with Crippen LogP contribution >= 0.6 is 24.0 Å². The van der Waals surface area contributed by atoms with Crippen molar-refractivity contribution < 1.29 is 13.2 Å². The maximum atomic E-state index is 11.2. The number of hydrogen-bond acceptors (Lipinski definition) is 4. The van der Waals surface area contributed by atoms with Gasteiger partial charge in [0, 0.05) is 19.7 Å². The highest BCUT2D eigenvalue weighted by molar-refractivity contribution is 14.0. The fourth-order valence-corrected chi connectivity index (χ4v) is 3.01. The van der Waals surface area contributed by atoms with Gasteiger partial charge in [0.05, 0.1) is 17.5 Å². The highest BCUT2D eigenvalue weighted by Crippen LogP contribution is 2.12. The molecule has 1 heterocycles. The van der Waals surface area contributed by atoms with Crippen molar-refractivity contribution in [1.82, 2.24) is 10.6 Å². The SMILES string of the molecule is CCNC(=NCC1CCCO1)NCCc1ccc(S(N)(=O)=O)cc1.I. The number of rotatable bonds is 7. The molecule has 1 aliphatic heterocycles. The lowest BCUT2D eigenvalue weighted by molar-refractivity contribution is 0.117. The van der Waals surface area contributed by atoms with Crippen LogP contribution in [0.2, 0.25) is 0 Å². The molecule has 1 fully saturated rings. The van der Waals surface area contributed by atoms with E-state index < -0.39 is 10.0 Å². The van der Waals surface area contributed by atoms with E-state index in [9.17, 15) is 8.42 Å². The fraction of sp³-hybridized carbons (Fsp3) is 0.562. The van der Waals surface area contributed by atoms with E-state index in [1.54, 1.807) is 12.1 Å². The van der Waals surface area contributed by atoms with Crippen LogP contribution in [0.25, 0.3) is 0 Å². The van der Waals surface area contributed by atoms with Crippen LogP contribution in [-0.2, 0) is 21.2 Å². The fourth-order valence-electron chi connectivity index (χ4n) is 2.49. The molecule has 9 heteroatoms. The summed E-state index contributed by atoms with van der Waals surface area (Å²) in [5.41, 5.74) is 1.03. The lowest BCUT2D eigenvalue weighted by atomic mass is 10.1. The van der Waals surface area contributed by atoms with Crippen molar-refractivity contribution in [2.24, 2.45) is 10.1 Å². The number of aliphatic imine (C=N–C) groups is 1. The predicted molar refractivity (Wildman–Crippen MR) is 110 cm³/mol. The van der Waals surface area contributed by atoms with Gasteiger partial charge in [-0.1, -0.05) is 12.1 Å². The number of nitrogens with zero attached hydrogens (tertiary/aromatic N) is 1. The minimum atomic E-state index is -3.63. The maximum absolute atomic E-state index is 11.2. The highest BCUT2D eigenvalue weighted by Gasteiger charge is 2.14. The zero-order valence-electron chi connectivity index (χ0n) is 14.4. The van der Waals surface area contributed by atoms with Gasteiger partial charge in [-0.2, -0.15) is 0 Å². The van der Waals surface area contributed by atoms with Crippen molar-refractivity contribution in [3.63, 3.8) is 0 Å². The molecule has 0 aliphatic carbocycles. The molecule has 1 unspecified atom stereocenters. The van der Waals surface area contributed by atoms with Gasteiger partial charge in [0.2, 0.25) is 10.0 Å². The largest absolute Gasteiger partial charge is 0.376 e. The number of guanidine groups is 1. The second-order valence-electron chi connectivity index (χ2n) is 5.72. The molecule has 0 bridgehead atoms. The van der Waals surface area contributed by atoms with E-state index in [2.05, 4.69) is 15.6 Å². The molecular weight excluding hydrogens is 455 g/mol. The summed E-state index contributed by atoms with van der Waals surface area (Å²) < 4.78 is 28.0. The summed E-state index contributed by atoms with van der Waals surface area (Å²) in [4.78, 5) is 4.68. The lowest BCUT2D eigenvalue weighted by Crippen LogP contribution is -2.38. The molecule has 2 rings (SSSR count). The molecule has 1 aliphatic rings. The zero-order chi connectivity index (χ0) is 17.4. The first-order valence-electron chi connectivity index (χ1n) is 8.24. The Bertz CT molecular complexity index is 644. The molecule has 4 N–H and O–H groups in total. The third-order valence-electron chi connectivity index (χ3n) is 3.78. The predicted octanol–water partition coefficient (Wildman–Crippen LogP) is 1.23. The number of nitrogens with one attached hydrogen (secondary N) is 2. The topological polar surface area (TPSA) is 106 Å². The van der Waals surface area contributed by atoms with Crippen molar-refractivity contribution in [1.29, 1.82) is 0 Å². The van der Waals surface area contributed by atoms with E-state index in [0.29, 0.717) is 13.1 Å². The summed E-state index contributed by atoms with van der Waals surface area (Å²) in [6.07, 6.45) is 3.17. The van der Waals surface area contributed by atoms with Gasteiger partial charge in [0.1, 0.15) is 0 Å². The molecule has 7 nitrogen and oxygen atoms in total. The van der Waals surface area contributed by atoms with E-state index >= 15 is 0 Å². The van der Waals surface area contributed by atoms with Gasteiger partial charge in [-0.3, -0.25) is 4.99 Å². The van der Waals surface area contributed by atoms with Crippen LogP contribution in [0.15, 0.2) is 34.2 Å². The Hall–Kier alpha value is -0.910. The Balaban J connectivity index is 0.00000312. The second kappa shape index (κ2) is 10.9. The normalized spacial score (nSPS) is 17.8. The van der Waals surface area contributed by atoms with Gasteiger partial charge in [-0.25, -0.2) is 13.6 Å². The number of nitrogens with two attached hydrogens (primary N) is 1. The van der Waals surface area contributed by atoms with Crippen LogP contribution in [0, 0.1) is 0 Å². The van der Waals surface area contributed by atoms with E-state index in [1.807, 2.05) is 6.92 Å². The maximum Gasteiger partial charge on any atom is 0.238 e. The minimum absolute atomic E-state index is 0. The molecule has 1 aromatic rings. The molecule has 142 valence electrons. The highest BCUT2D eigenvalue weighted by atomic mass is 127. The third kappa shape index (κ3) is 7.89. The van der Waals surface area contributed by atoms with Crippen molar-refractivity contribution in [2.45, 2.75) is 37.2 Å². The first-order valence-corrected chi connectivity index (χ1v) is 9.79. The van der Waals surface area contributed by atoms with Gasteiger partial charge in [0.25, 0.3) is 0 Å². The number of primary sulfonamides is 1. The minimum Gasteiger partial charge on any atom is -0.376 e. The van der Waals surface area contributed by atoms with Crippen molar-refractivity contribution in [3.05, 3.63) is 29.8 Å². The molecule has 1 saturated heterocycles. The monoisotopic (exact) mass is 482 g/mol. The van der Waals surface area contributed by atoms with Crippen molar-refractivity contribution in [2.75, 3.05) is 26.2 Å². The standard InChI is InChI=1S/C16H26N4O3S.HI/c1-2-18-16(20-12-14-4-3-11-23-14)19-10-9-13-5-7-15(8-6-13)24(17,21)22;/h5-8,14H,2-4,9-12H2,1H3,(H2,17,21,22)(H2,18,19,20);1H. The Morgan fingerprint density at radius 2 is 2.04 bits per heavy atom. The number of sulfonamides is 1. The summed E-state index contributed by atoms with van der Waals surface area (Å²) in [5.74, 6) is 0.772. The van der Waals surface area contributed by atoms with Crippen molar-refractivity contribution in [3.8, 4) is 0 Å². The van der Waals surface area contributed by atoms with Gasteiger partial charge < -0.3 is 15.4 Å². The average molecular weight is 482 g/mol. The first kappa shape index (κ1) is 22.1. The van der Waals surface area contributed by atoms with Crippen LogP contribution in [0.4, 0.5) is 0 Å². The van der Waals surface area contributed by atoms with Crippen LogP contribution in [0.3, 0.4) is 0 Å². The Morgan fingerprint density at radius 3 is 2.60 bits per heavy atom. The number of ether oxygens (including phenoxy) is 1. The smallest absolute Gasteiger partial charge is 0.238 e. The number of benzene rings is 1. The van der Waals surface area contributed by atoms with Crippen LogP contribution in [-0.4, -0.2) is 46.7 Å². The second-order valence-corrected chi connectivity index (χ2v) is 7.28. The Kier molecular flexibility index (Phi) is 9.69. The Labute approximate surface area is 166 Å². The van der Waals surface area contributed by atoms with Crippen molar-refractivity contribution >= 4 is 40.0 Å². The quantitative estimate of drug-likeness (QED) is 0.308. The van der Waals surface area contributed by atoms with E-state index in [1.165, 1.54) is 12.1 Å². The molecule has 1 aromatic carbocycles. The number of hydrogen-bond donors (Lipinski definition) is 3. The van der Waals surface area contributed by atoms with Crippen LogP contribution in [0.1, 0.15) is 25.3 Å². The summed E-state index contributed by atoms with van der Waals surface area (Å²) in [5, 5.41) is 11.6. The third-order valence-corrected chi connectivity index (χ3v) is 4.71. The van der Waals surface area contributed by atoms with Gasteiger partial charge in [-0.05, 0) is 43.9 Å². The van der Waals surface area contributed by atoms with Crippen LogP contribution < -0.4 is 15.8 Å². The van der Waals surface area contributed by atoms with Gasteiger partial charge in [0.15, 0.2) is 5.96 Å². The molecule has 1 atom stereocenters. The molecule has 25 heavy (non-hydrogen) atoms. The molecule has 0 radical (unpaired) electrons. The van der Waals surface area contributed by atoms with E-state index in [4.69, 9.17) is 9.88 Å². The summed E-state index contributed by atoms with van der Waals surface area (Å²) in [6.45, 7) is 5.01. The summed E-state index contributed by atoms with van der Waals surface area (Å²) in [7, 11) is -3.63. The van der Waals surface area contributed by atoms with E-state index in [-0.39, 0.29) is 35.0 Å². The summed E-state index contributed by atoms with van der Waals surface area (Å²) >= 11 is 0. The molecule has 0 saturated carbocycles.